The van der Waals surface area contributed by atoms with Crippen LogP contribution in [0.2, 0.25) is 0 Å². The Balaban J connectivity index is 1.64. The lowest BCUT2D eigenvalue weighted by atomic mass is 9.95. The quantitative estimate of drug-likeness (QED) is 0.541. The van der Waals surface area contributed by atoms with Gasteiger partial charge >= 0.3 is 0 Å². The zero-order valence-corrected chi connectivity index (χ0v) is 18.3. The second kappa shape index (κ2) is 8.90. The lowest BCUT2D eigenvalue weighted by Gasteiger charge is -2.32. The van der Waals surface area contributed by atoms with Crippen LogP contribution in [0.25, 0.3) is 10.9 Å². The normalized spacial score (nSPS) is 20.1. The van der Waals surface area contributed by atoms with E-state index in [-0.39, 0.29) is 22.8 Å². The van der Waals surface area contributed by atoms with Gasteiger partial charge in [0.15, 0.2) is 5.16 Å². The summed E-state index contributed by atoms with van der Waals surface area (Å²) in [5.41, 5.74) is 0.759. The fraction of sp³-hybridized carbons (Fsp3) is 0.609. The van der Waals surface area contributed by atoms with Crippen molar-refractivity contribution in [2.45, 2.75) is 75.2 Å². The molecule has 0 radical (unpaired) electrons. The fourth-order valence-corrected chi connectivity index (χ4v) is 5.63. The third kappa shape index (κ3) is 4.37. The fourth-order valence-electron chi connectivity index (χ4n) is 4.56. The monoisotopic (exact) mass is 413 g/mol. The highest BCUT2D eigenvalue weighted by Gasteiger charge is 2.28. The van der Waals surface area contributed by atoms with Crippen molar-refractivity contribution in [3.8, 4) is 0 Å². The first-order chi connectivity index (χ1) is 14.0. The van der Waals surface area contributed by atoms with Gasteiger partial charge in [-0.15, -0.1) is 0 Å². The highest BCUT2D eigenvalue weighted by atomic mass is 32.2. The van der Waals surface area contributed by atoms with Crippen molar-refractivity contribution in [1.82, 2.24) is 14.5 Å². The molecule has 1 unspecified atom stereocenters. The zero-order chi connectivity index (χ0) is 20.4. The number of carbonyl (C=O) groups excluding carboxylic acids is 1. The molecule has 1 aliphatic heterocycles. The predicted molar refractivity (Wildman–Crippen MR) is 118 cm³/mol. The van der Waals surface area contributed by atoms with Gasteiger partial charge in [0.05, 0.1) is 16.2 Å². The van der Waals surface area contributed by atoms with Gasteiger partial charge in [-0.3, -0.25) is 14.2 Å². The lowest BCUT2D eigenvalue weighted by Crippen LogP contribution is -2.42. The molecule has 2 aromatic rings. The standard InChI is InChI=1S/C23H31N3O2S/c1-16-12-14-25(15-13-16)21(27)17(2)29-23-24-20-11-7-6-10-19(20)22(28)26(23)18-8-4-3-5-9-18/h6-7,10-11,16-18H,3-5,8-9,12-15H2,1-2H3. The van der Waals surface area contributed by atoms with Crippen LogP contribution in [0.3, 0.4) is 0 Å². The van der Waals surface area contributed by atoms with E-state index in [0.717, 1.165) is 57.1 Å². The molecule has 1 aromatic heterocycles. The van der Waals surface area contributed by atoms with Gasteiger partial charge in [0.2, 0.25) is 5.91 Å². The first-order valence-corrected chi connectivity index (χ1v) is 11.9. The molecule has 2 fully saturated rings. The molecule has 1 aromatic carbocycles. The molecule has 4 rings (SSSR count). The van der Waals surface area contributed by atoms with Crippen LogP contribution in [0.15, 0.2) is 34.2 Å². The second-order valence-electron chi connectivity index (χ2n) is 8.65. The van der Waals surface area contributed by atoms with Gasteiger partial charge in [0.25, 0.3) is 5.56 Å². The second-order valence-corrected chi connectivity index (χ2v) is 9.95. The summed E-state index contributed by atoms with van der Waals surface area (Å²) in [6.07, 6.45) is 7.70. The van der Waals surface area contributed by atoms with Crippen molar-refractivity contribution in [2.24, 2.45) is 5.92 Å². The SMILES string of the molecule is CC1CCN(C(=O)C(C)Sc2nc3ccccc3c(=O)n2C2CCCCC2)CC1. The summed E-state index contributed by atoms with van der Waals surface area (Å²) in [4.78, 5) is 33.2. The van der Waals surface area contributed by atoms with Crippen LogP contribution in [0.5, 0.6) is 0 Å². The van der Waals surface area contributed by atoms with E-state index < -0.39 is 0 Å². The van der Waals surface area contributed by atoms with E-state index in [9.17, 15) is 9.59 Å². The highest BCUT2D eigenvalue weighted by molar-refractivity contribution is 8.00. The van der Waals surface area contributed by atoms with E-state index in [1.165, 1.54) is 18.2 Å². The maximum Gasteiger partial charge on any atom is 0.262 e. The Hall–Kier alpha value is -1.82. The van der Waals surface area contributed by atoms with Crippen molar-refractivity contribution >= 4 is 28.6 Å². The maximum absolute atomic E-state index is 13.4. The predicted octanol–water partition coefficient (Wildman–Crippen LogP) is 4.64. The molecule has 0 bridgehead atoms. The highest BCUT2D eigenvalue weighted by Crippen LogP contribution is 2.33. The molecular weight excluding hydrogens is 382 g/mol. The molecular formula is C23H31N3O2S. The molecule has 1 atom stereocenters. The van der Waals surface area contributed by atoms with Crippen LogP contribution < -0.4 is 5.56 Å². The number of thioether (sulfide) groups is 1. The molecule has 0 spiro atoms. The maximum atomic E-state index is 13.4. The smallest absolute Gasteiger partial charge is 0.262 e. The van der Waals surface area contributed by atoms with Crippen molar-refractivity contribution in [3.63, 3.8) is 0 Å². The van der Waals surface area contributed by atoms with E-state index in [2.05, 4.69) is 6.92 Å². The van der Waals surface area contributed by atoms with Crippen LogP contribution in [0.4, 0.5) is 0 Å². The third-order valence-corrected chi connectivity index (χ3v) is 7.49. The van der Waals surface area contributed by atoms with Gasteiger partial charge in [-0.2, -0.15) is 0 Å². The number of likely N-dealkylation sites (tertiary alicyclic amines) is 1. The van der Waals surface area contributed by atoms with E-state index in [0.29, 0.717) is 16.5 Å². The Kier molecular flexibility index (Phi) is 6.28. The summed E-state index contributed by atoms with van der Waals surface area (Å²) in [6.45, 7) is 5.89. The van der Waals surface area contributed by atoms with E-state index in [4.69, 9.17) is 4.98 Å². The molecule has 1 saturated carbocycles. The number of benzene rings is 1. The van der Waals surface area contributed by atoms with E-state index >= 15 is 0 Å². The number of aromatic nitrogens is 2. The molecule has 6 heteroatoms. The topological polar surface area (TPSA) is 55.2 Å². The summed E-state index contributed by atoms with van der Waals surface area (Å²) in [6, 6.07) is 7.76. The average Bonchev–Trinajstić information content (AvgIpc) is 2.74. The Bertz CT molecular complexity index is 927. The lowest BCUT2D eigenvalue weighted by molar-refractivity contribution is -0.131. The minimum atomic E-state index is -0.244. The minimum absolute atomic E-state index is 0.0384. The number of amides is 1. The number of fused-ring (bicyclic) bond motifs is 1. The van der Waals surface area contributed by atoms with Crippen LogP contribution >= 0.6 is 11.8 Å². The Morgan fingerprint density at radius 1 is 1.10 bits per heavy atom. The van der Waals surface area contributed by atoms with Gasteiger partial charge in [-0.25, -0.2) is 4.98 Å². The molecule has 2 aliphatic rings. The van der Waals surface area contributed by atoms with E-state index in [1.807, 2.05) is 40.7 Å². The van der Waals surface area contributed by atoms with Gasteiger partial charge < -0.3 is 4.90 Å². The number of nitrogens with zero attached hydrogens (tertiary/aromatic N) is 3. The third-order valence-electron chi connectivity index (χ3n) is 6.44. The Labute approximate surface area is 176 Å². The van der Waals surface area contributed by atoms with Crippen LogP contribution in [0, 0.1) is 5.92 Å². The first-order valence-electron chi connectivity index (χ1n) is 11.0. The molecule has 5 nitrogen and oxygen atoms in total. The minimum Gasteiger partial charge on any atom is -0.342 e. The summed E-state index contributed by atoms with van der Waals surface area (Å²) < 4.78 is 1.90. The number of hydrogen-bond donors (Lipinski definition) is 0. The van der Waals surface area contributed by atoms with Gasteiger partial charge in [-0.1, -0.05) is 50.1 Å². The van der Waals surface area contributed by atoms with Gasteiger partial charge in [0, 0.05) is 19.1 Å². The van der Waals surface area contributed by atoms with Crippen molar-refractivity contribution in [3.05, 3.63) is 34.6 Å². The molecule has 1 aliphatic carbocycles. The van der Waals surface area contributed by atoms with Crippen molar-refractivity contribution < 1.29 is 4.79 Å². The summed E-state index contributed by atoms with van der Waals surface area (Å²) in [5, 5.41) is 1.13. The Morgan fingerprint density at radius 3 is 2.52 bits per heavy atom. The van der Waals surface area contributed by atoms with Crippen molar-refractivity contribution in [2.75, 3.05) is 13.1 Å². The average molecular weight is 414 g/mol. The molecule has 1 amide bonds. The summed E-state index contributed by atoms with van der Waals surface area (Å²) in [5.74, 6) is 0.861. The molecule has 2 heterocycles. The summed E-state index contributed by atoms with van der Waals surface area (Å²) in [7, 11) is 0. The van der Waals surface area contributed by atoms with Crippen molar-refractivity contribution in [1.29, 1.82) is 0 Å². The van der Waals surface area contributed by atoms with Gasteiger partial charge in [0.1, 0.15) is 0 Å². The Morgan fingerprint density at radius 2 is 1.79 bits per heavy atom. The number of para-hydroxylation sites is 1. The number of carbonyl (C=O) groups is 1. The molecule has 0 N–H and O–H groups in total. The number of rotatable bonds is 4. The van der Waals surface area contributed by atoms with Crippen LogP contribution in [-0.4, -0.2) is 38.7 Å². The molecule has 29 heavy (non-hydrogen) atoms. The largest absolute Gasteiger partial charge is 0.342 e. The summed E-state index contributed by atoms with van der Waals surface area (Å²) >= 11 is 1.46. The van der Waals surface area contributed by atoms with Gasteiger partial charge in [-0.05, 0) is 50.7 Å². The van der Waals surface area contributed by atoms with E-state index in [1.54, 1.807) is 0 Å². The first kappa shape index (κ1) is 20.5. The number of piperidine rings is 1. The molecule has 156 valence electrons. The molecule has 1 saturated heterocycles. The zero-order valence-electron chi connectivity index (χ0n) is 17.5. The number of hydrogen-bond acceptors (Lipinski definition) is 4. The van der Waals surface area contributed by atoms with Crippen LogP contribution in [-0.2, 0) is 4.79 Å². The van der Waals surface area contributed by atoms with Crippen LogP contribution in [0.1, 0.15) is 64.8 Å².